The second-order valence-electron chi connectivity index (χ2n) is 10.2. The van der Waals surface area contributed by atoms with Gasteiger partial charge in [0, 0.05) is 42.5 Å². The Kier molecular flexibility index (Phi) is 5.43. The highest BCUT2D eigenvalue weighted by Gasteiger charge is 2.54. The van der Waals surface area contributed by atoms with Crippen molar-refractivity contribution in [1.82, 2.24) is 20.7 Å². The van der Waals surface area contributed by atoms with Gasteiger partial charge < -0.3 is 9.88 Å². The maximum absolute atomic E-state index is 13.0. The highest BCUT2D eigenvalue weighted by Crippen LogP contribution is 2.60. The fourth-order valence-electron chi connectivity index (χ4n) is 6.81. The summed E-state index contributed by atoms with van der Waals surface area (Å²) in [5, 5.41) is 3.94. The molecule has 4 fully saturated rings. The maximum Gasteiger partial charge on any atom is 0.271 e. The predicted octanol–water partition coefficient (Wildman–Crippen LogP) is 3.05. The van der Waals surface area contributed by atoms with Crippen molar-refractivity contribution in [2.24, 2.45) is 30.2 Å². The summed E-state index contributed by atoms with van der Waals surface area (Å²) < 4.78 is 1.89. The normalized spacial score (nSPS) is 28.0. The number of rotatable bonds is 6. The summed E-state index contributed by atoms with van der Waals surface area (Å²) in [6.07, 6.45) is 9.64. The molecular weight excluding hydrogens is 404 g/mol. The Balaban J connectivity index is 1.05. The fraction of sp³-hybridized carbons (Fsp3) is 0.560. The number of aryl methyl sites for hydroxylation is 1. The number of amides is 3. The molecule has 0 saturated heterocycles. The summed E-state index contributed by atoms with van der Waals surface area (Å²) in [4.78, 5) is 37.6. The van der Waals surface area contributed by atoms with E-state index in [9.17, 15) is 14.4 Å². The summed E-state index contributed by atoms with van der Waals surface area (Å²) in [5.74, 6) is 1.81. The van der Waals surface area contributed by atoms with Gasteiger partial charge in [-0.15, -0.1) is 0 Å². The number of carbonyl (C=O) groups excluding carboxylic acids is 3. The van der Waals surface area contributed by atoms with Crippen molar-refractivity contribution in [2.75, 3.05) is 6.54 Å². The molecule has 4 bridgehead atoms. The number of hydrazine groups is 1. The molecule has 1 aromatic heterocycles. The molecule has 4 saturated carbocycles. The minimum atomic E-state index is -0.342. The van der Waals surface area contributed by atoms with Crippen molar-refractivity contribution in [1.29, 1.82) is 0 Å². The number of nitrogens with zero attached hydrogens (tertiary/aromatic N) is 1. The number of hydrogen-bond acceptors (Lipinski definition) is 3. The Bertz CT molecular complexity index is 1020. The number of aromatic nitrogens is 1. The van der Waals surface area contributed by atoms with Gasteiger partial charge in [-0.1, -0.05) is 18.2 Å². The van der Waals surface area contributed by atoms with E-state index in [2.05, 4.69) is 16.2 Å². The molecule has 0 atom stereocenters. The Hall–Kier alpha value is -2.83. The quantitative estimate of drug-likeness (QED) is 0.480. The predicted molar refractivity (Wildman–Crippen MR) is 121 cm³/mol. The van der Waals surface area contributed by atoms with Crippen LogP contribution in [0.5, 0.6) is 0 Å². The van der Waals surface area contributed by atoms with E-state index >= 15 is 0 Å². The van der Waals surface area contributed by atoms with Crippen LogP contribution >= 0.6 is 0 Å². The molecule has 1 aromatic carbocycles. The third kappa shape index (κ3) is 3.89. The number of nitrogens with one attached hydrogen (secondary N) is 3. The monoisotopic (exact) mass is 436 g/mol. The minimum Gasteiger partial charge on any atom is -0.356 e. The molecular formula is C25H32N4O3. The van der Waals surface area contributed by atoms with E-state index < -0.39 is 0 Å². The SMILES string of the molecule is Cn1cc(C(=O)NNC(=O)CCCNC(=O)C23CC4CC(CC(C4)C2)C3)c2ccccc21. The van der Waals surface area contributed by atoms with Crippen molar-refractivity contribution in [2.45, 2.75) is 51.4 Å². The molecule has 4 aliphatic rings. The molecule has 32 heavy (non-hydrogen) atoms. The van der Waals surface area contributed by atoms with Gasteiger partial charge in [0.2, 0.25) is 11.8 Å². The highest BCUT2D eigenvalue weighted by atomic mass is 16.2. The van der Waals surface area contributed by atoms with Gasteiger partial charge in [0.25, 0.3) is 5.91 Å². The number of benzene rings is 1. The lowest BCUT2D eigenvalue weighted by Gasteiger charge is -2.55. The minimum absolute atomic E-state index is 0.149. The Labute approximate surface area is 188 Å². The summed E-state index contributed by atoms with van der Waals surface area (Å²) in [6.45, 7) is 0.491. The first-order valence-electron chi connectivity index (χ1n) is 11.8. The first-order valence-corrected chi connectivity index (χ1v) is 11.8. The lowest BCUT2D eigenvalue weighted by Crippen LogP contribution is -2.53. The second kappa shape index (κ2) is 8.26. The number of fused-ring (bicyclic) bond motifs is 1. The zero-order chi connectivity index (χ0) is 22.3. The lowest BCUT2D eigenvalue weighted by atomic mass is 9.49. The smallest absolute Gasteiger partial charge is 0.271 e. The van der Waals surface area contributed by atoms with Crippen molar-refractivity contribution >= 4 is 28.6 Å². The number of carbonyl (C=O) groups is 3. The van der Waals surface area contributed by atoms with Crippen LogP contribution < -0.4 is 16.2 Å². The third-order valence-electron chi connectivity index (χ3n) is 7.84. The number of para-hydroxylation sites is 1. The molecule has 2 aromatic rings. The maximum atomic E-state index is 13.0. The standard InChI is InChI=1S/C25H32N4O3/c1-29-15-20(19-5-2-3-6-21(19)29)23(31)28-27-22(30)7-4-8-26-24(32)25-12-16-9-17(13-25)11-18(10-16)14-25/h2-3,5-6,15-18H,4,7-14H2,1H3,(H,26,32)(H,27,30)(H,28,31). The third-order valence-corrected chi connectivity index (χ3v) is 7.84. The average Bonchev–Trinajstić information content (AvgIpc) is 3.11. The fourth-order valence-corrected chi connectivity index (χ4v) is 6.81. The molecule has 7 nitrogen and oxygen atoms in total. The van der Waals surface area contributed by atoms with Crippen molar-refractivity contribution < 1.29 is 14.4 Å². The van der Waals surface area contributed by atoms with Gasteiger partial charge in [0.1, 0.15) is 0 Å². The lowest BCUT2D eigenvalue weighted by molar-refractivity contribution is -0.146. The number of hydrogen-bond donors (Lipinski definition) is 3. The van der Waals surface area contributed by atoms with Crippen LogP contribution in [0.3, 0.4) is 0 Å². The Morgan fingerprint density at radius 1 is 1.00 bits per heavy atom. The molecule has 1 heterocycles. The van der Waals surface area contributed by atoms with E-state index in [0.29, 0.717) is 18.5 Å². The van der Waals surface area contributed by atoms with Gasteiger partial charge in [-0.05, 0) is 68.8 Å². The zero-order valence-electron chi connectivity index (χ0n) is 18.7. The van der Waals surface area contributed by atoms with Crippen molar-refractivity contribution in [3.05, 3.63) is 36.0 Å². The summed E-state index contributed by atoms with van der Waals surface area (Å²) in [5.41, 5.74) is 6.32. The zero-order valence-corrected chi connectivity index (χ0v) is 18.7. The van der Waals surface area contributed by atoms with E-state index in [-0.39, 0.29) is 29.6 Å². The van der Waals surface area contributed by atoms with Crippen LogP contribution in [0.25, 0.3) is 10.9 Å². The summed E-state index contributed by atoms with van der Waals surface area (Å²) in [7, 11) is 1.88. The molecule has 7 heteroatoms. The average molecular weight is 437 g/mol. The molecule has 170 valence electrons. The molecule has 4 aliphatic carbocycles. The van der Waals surface area contributed by atoms with Gasteiger partial charge in [-0.2, -0.15) is 0 Å². The van der Waals surface area contributed by atoms with E-state index in [1.54, 1.807) is 6.20 Å². The van der Waals surface area contributed by atoms with E-state index in [1.165, 1.54) is 19.3 Å². The van der Waals surface area contributed by atoms with Gasteiger partial charge in [0.05, 0.1) is 5.56 Å². The van der Waals surface area contributed by atoms with Crippen molar-refractivity contribution in [3.8, 4) is 0 Å². The topological polar surface area (TPSA) is 92.2 Å². The molecule has 0 unspecified atom stereocenters. The Morgan fingerprint density at radius 2 is 1.66 bits per heavy atom. The van der Waals surface area contributed by atoms with Gasteiger partial charge in [-0.25, -0.2) is 0 Å². The molecule has 6 rings (SSSR count). The van der Waals surface area contributed by atoms with Gasteiger partial charge in [0.15, 0.2) is 0 Å². The Morgan fingerprint density at radius 3 is 2.34 bits per heavy atom. The molecule has 3 N–H and O–H groups in total. The van der Waals surface area contributed by atoms with Gasteiger partial charge >= 0.3 is 0 Å². The van der Waals surface area contributed by atoms with Crippen LogP contribution in [-0.4, -0.2) is 28.8 Å². The van der Waals surface area contributed by atoms with Gasteiger partial charge in [-0.3, -0.25) is 25.2 Å². The second-order valence-corrected chi connectivity index (χ2v) is 10.2. The van der Waals surface area contributed by atoms with Crippen molar-refractivity contribution in [3.63, 3.8) is 0 Å². The first-order chi connectivity index (χ1) is 15.4. The van der Waals surface area contributed by atoms with Crippen LogP contribution in [0.15, 0.2) is 30.5 Å². The molecule has 0 radical (unpaired) electrons. The van der Waals surface area contributed by atoms with E-state index in [4.69, 9.17) is 0 Å². The van der Waals surface area contributed by atoms with E-state index in [0.717, 1.165) is 47.9 Å². The highest BCUT2D eigenvalue weighted by molar-refractivity contribution is 6.07. The van der Waals surface area contributed by atoms with Crippen LogP contribution in [0.2, 0.25) is 0 Å². The first kappa shape index (κ1) is 21.0. The summed E-state index contributed by atoms with van der Waals surface area (Å²) in [6, 6.07) is 7.64. The van der Waals surface area contributed by atoms with Crippen LogP contribution in [0.4, 0.5) is 0 Å². The molecule has 3 amide bonds. The molecule has 0 aliphatic heterocycles. The summed E-state index contributed by atoms with van der Waals surface area (Å²) >= 11 is 0. The largest absolute Gasteiger partial charge is 0.356 e. The molecule has 0 spiro atoms. The van der Waals surface area contributed by atoms with Crippen LogP contribution in [0.1, 0.15) is 61.7 Å². The van der Waals surface area contributed by atoms with E-state index in [1.807, 2.05) is 35.9 Å². The van der Waals surface area contributed by atoms with Crippen LogP contribution in [-0.2, 0) is 16.6 Å². The van der Waals surface area contributed by atoms with Crippen LogP contribution in [0, 0.1) is 23.2 Å².